The molecule has 0 aliphatic carbocycles. The van der Waals surface area contributed by atoms with Crippen molar-refractivity contribution in [2.75, 3.05) is 0 Å². The van der Waals surface area contributed by atoms with E-state index in [-0.39, 0.29) is 11.3 Å². The maximum absolute atomic E-state index is 12.3. The summed E-state index contributed by atoms with van der Waals surface area (Å²) in [6.45, 7) is 4.20. The number of hydrogen-bond donors (Lipinski definition) is 0. The third-order valence-corrected chi connectivity index (χ3v) is 2.63. The van der Waals surface area contributed by atoms with E-state index in [4.69, 9.17) is 4.42 Å². The second-order valence-electron chi connectivity index (χ2n) is 3.64. The van der Waals surface area contributed by atoms with Crippen molar-refractivity contribution in [3.05, 3.63) is 42.2 Å². The first-order chi connectivity index (χ1) is 9.12. The zero-order valence-corrected chi connectivity index (χ0v) is 9.86. The van der Waals surface area contributed by atoms with Gasteiger partial charge in [0.1, 0.15) is 5.76 Å². The zero-order chi connectivity index (χ0) is 14.0. The molecule has 5 heteroatoms. The molecule has 0 spiro atoms. The van der Waals surface area contributed by atoms with Crippen molar-refractivity contribution >= 4 is 29.4 Å². The summed E-state index contributed by atoms with van der Waals surface area (Å²) in [6, 6.07) is 2.66. The van der Waals surface area contributed by atoms with E-state index in [1.165, 1.54) is 24.3 Å². The van der Waals surface area contributed by atoms with Gasteiger partial charge in [-0.05, 0) is 18.2 Å². The minimum Gasteiger partial charge on any atom is -0.452 e. The van der Waals surface area contributed by atoms with Gasteiger partial charge in [0.2, 0.25) is 0 Å². The molecule has 1 heterocycles. The number of fused-ring (bicyclic) bond motifs is 1. The highest BCUT2D eigenvalue weighted by Gasteiger charge is 2.19. The summed E-state index contributed by atoms with van der Waals surface area (Å²) in [5, 5.41) is 0.387. The zero-order valence-electron chi connectivity index (χ0n) is 9.86. The number of ether oxygens (including phenoxy) is 1. The minimum atomic E-state index is -2.98. The summed E-state index contributed by atoms with van der Waals surface area (Å²) >= 11 is 0. The molecule has 0 atom stereocenters. The molecular formula is C14H10F2O3. The van der Waals surface area contributed by atoms with Crippen molar-refractivity contribution in [1.29, 1.82) is 0 Å². The number of carbonyl (C=O) groups is 1. The Kier molecular flexibility index (Phi) is 3.46. The van der Waals surface area contributed by atoms with Gasteiger partial charge in [-0.1, -0.05) is 19.2 Å². The van der Waals surface area contributed by atoms with E-state index >= 15 is 0 Å². The van der Waals surface area contributed by atoms with E-state index in [1.807, 2.05) is 0 Å². The lowest BCUT2D eigenvalue weighted by Gasteiger charge is -2.05. The molecule has 98 valence electrons. The first-order valence-corrected chi connectivity index (χ1v) is 5.36. The van der Waals surface area contributed by atoms with Crippen LogP contribution in [0.15, 0.2) is 29.7 Å². The van der Waals surface area contributed by atoms with Gasteiger partial charge in [-0.2, -0.15) is 8.78 Å². The average Bonchev–Trinajstić information content (AvgIpc) is 2.77. The van der Waals surface area contributed by atoms with E-state index in [0.29, 0.717) is 28.6 Å². The van der Waals surface area contributed by atoms with Crippen LogP contribution in [0.25, 0.3) is 23.1 Å². The smallest absolute Gasteiger partial charge is 0.387 e. The van der Waals surface area contributed by atoms with E-state index in [2.05, 4.69) is 17.9 Å². The Balaban J connectivity index is 2.83. The number of carbonyl (C=O) groups excluding carboxylic acids is 1. The van der Waals surface area contributed by atoms with Crippen LogP contribution in [-0.4, -0.2) is 12.9 Å². The molecule has 0 saturated carbocycles. The first-order valence-electron chi connectivity index (χ1n) is 5.36. The minimum absolute atomic E-state index is 0.0784. The molecule has 0 unspecified atom stereocenters. The number of furan rings is 1. The molecule has 2 rings (SSSR count). The van der Waals surface area contributed by atoms with Crippen LogP contribution in [0.3, 0.4) is 0 Å². The molecule has 2 aromatic rings. The predicted molar refractivity (Wildman–Crippen MR) is 68.4 cm³/mol. The van der Waals surface area contributed by atoms with Crippen LogP contribution in [0.5, 0.6) is 5.75 Å². The SMILES string of the molecule is C=Cc1oc2c(OC(F)F)ccc(C=O)c2c1C=C. The number of rotatable bonds is 5. The molecule has 19 heavy (non-hydrogen) atoms. The Hall–Kier alpha value is -2.43. The van der Waals surface area contributed by atoms with Crippen molar-refractivity contribution in [3.63, 3.8) is 0 Å². The van der Waals surface area contributed by atoms with Gasteiger partial charge in [-0.15, -0.1) is 0 Å². The molecule has 1 aromatic carbocycles. The monoisotopic (exact) mass is 264 g/mol. The number of halogens is 2. The molecule has 0 saturated heterocycles. The third-order valence-electron chi connectivity index (χ3n) is 2.63. The second-order valence-corrected chi connectivity index (χ2v) is 3.64. The Labute approximate surface area is 107 Å². The second kappa shape index (κ2) is 5.06. The number of hydrogen-bond acceptors (Lipinski definition) is 3. The number of alkyl halides is 2. The molecule has 0 aliphatic heterocycles. The van der Waals surface area contributed by atoms with E-state index < -0.39 is 6.61 Å². The number of benzene rings is 1. The molecule has 0 bridgehead atoms. The third kappa shape index (κ3) is 2.14. The van der Waals surface area contributed by atoms with Crippen LogP contribution in [0.2, 0.25) is 0 Å². The lowest BCUT2D eigenvalue weighted by molar-refractivity contribution is -0.0493. The molecule has 0 radical (unpaired) electrons. The van der Waals surface area contributed by atoms with Gasteiger partial charge in [0.25, 0.3) is 0 Å². The van der Waals surface area contributed by atoms with Crippen LogP contribution < -0.4 is 4.74 Å². The molecule has 0 N–H and O–H groups in total. The van der Waals surface area contributed by atoms with Crippen molar-refractivity contribution in [1.82, 2.24) is 0 Å². The summed E-state index contributed by atoms with van der Waals surface area (Å²) < 4.78 is 34.4. The average molecular weight is 264 g/mol. The summed E-state index contributed by atoms with van der Waals surface area (Å²) in [6.07, 6.45) is 3.50. The lowest BCUT2D eigenvalue weighted by Crippen LogP contribution is -2.02. The van der Waals surface area contributed by atoms with Gasteiger partial charge in [0.05, 0.1) is 0 Å². The number of aldehydes is 1. The van der Waals surface area contributed by atoms with E-state index in [0.717, 1.165) is 0 Å². The lowest BCUT2D eigenvalue weighted by atomic mass is 10.0. The van der Waals surface area contributed by atoms with Crippen LogP contribution in [0, 0.1) is 0 Å². The Morgan fingerprint density at radius 3 is 2.53 bits per heavy atom. The largest absolute Gasteiger partial charge is 0.452 e. The maximum atomic E-state index is 12.3. The van der Waals surface area contributed by atoms with Gasteiger partial charge in [-0.3, -0.25) is 4.79 Å². The summed E-state index contributed by atoms with van der Waals surface area (Å²) in [7, 11) is 0. The van der Waals surface area contributed by atoms with Crippen molar-refractivity contribution in [3.8, 4) is 5.75 Å². The van der Waals surface area contributed by atoms with Crippen LogP contribution in [0.1, 0.15) is 21.7 Å². The Bertz CT molecular complexity index is 656. The van der Waals surface area contributed by atoms with Gasteiger partial charge in [0.15, 0.2) is 17.6 Å². The highest BCUT2D eigenvalue weighted by molar-refractivity contribution is 6.04. The van der Waals surface area contributed by atoms with Crippen LogP contribution in [0.4, 0.5) is 8.78 Å². The Morgan fingerprint density at radius 1 is 1.26 bits per heavy atom. The molecule has 0 fully saturated rings. The molecule has 1 aromatic heterocycles. The van der Waals surface area contributed by atoms with Gasteiger partial charge in [-0.25, -0.2) is 0 Å². The normalized spacial score (nSPS) is 10.7. The highest BCUT2D eigenvalue weighted by atomic mass is 19.3. The molecule has 3 nitrogen and oxygen atoms in total. The fourth-order valence-corrected chi connectivity index (χ4v) is 1.89. The maximum Gasteiger partial charge on any atom is 0.387 e. The van der Waals surface area contributed by atoms with E-state index in [9.17, 15) is 13.6 Å². The molecule has 0 aliphatic rings. The van der Waals surface area contributed by atoms with Crippen molar-refractivity contribution in [2.24, 2.45) is 0 Å². The summed E-state index contributed by atoms with van der Waals surface area (Å²) in [4.78, 5) is 11.0. The topological polar surface area (TPSA) is 39.4 Å². The van der Waals surface area contributed by atoms with Crippen molar-refractivity contribution < 1.29 is 22.7 Å². The summed E-state index contributed by atoms with van der Waals surface area (Å²) in [5.74, 6) is 0.213. The van der Waals surface area contributed by atoms with Gasteiger partial charge < -0.3 is 9.15 Å². The standard InChI is InChI=1S/C14H10F2O3/c1-3-9-10(4-2)18-13-11(19-14(15)16)6-5-8(7-17)12(9)13/h3-7,14H,1-2H2. The van der Waals surface area contributed by atoms with Gasteiger partial charge in [0, 0.05) is 16.5 Å². The van der Waals surface area contributed by atoms with Crippen LogP contribution in [-0.2, 0) is 0 Å². The fourth-order valence-electron chi connectivity index (χ4n) is 1.89. The van der Waals surface area contributed by atoms with Crippen LogP contribution >= 0.6 is 0 Å². The van der Waals surface area contributed by atoms with Crippen molar-refractivity contribution in [2.45, 2.75) is 6.61 Å². The molecule has 0 amide bonds. The fraction of sp³-hybridized carbons (Fsp3) is 0.0714. The highest BCUT2D eigenvalue weighted by Crippen LogP contribution is 2.36. The van der Waals surface area contributed by atoms with E-state index in [1.54, 1.807) is 0 Å². The Morgan fingerprint density at radius 2 is 2.00 bits per heavy atom. The quantitative estimate of drug-likeness (QED) is 0.762. The summed E-state index contributed by atoms with van der Waals surface area (Å²) in [5.41, 5.74) is 0.907. The first kappa shape index (κ1) is 13.0. The van der Waals surface area contributed by atoms with Gasteiger partial charge >= 0.3 is 6.61 Å². The molecular weight excluding hydrogens is 254 g/mol. The predicted octanol–water partition coefficient (Wildman–Crippen LogP) is 4.13.